The minimum absolute atomic E-state index is 0.00929. The van der Waals surface area contributed by atoms with Gasteiger partial charge in [0, 0.05) is 18.5 Å². The zero-order chi connectivity index (χ0) is 15.6. The second-order valence-electron chi connectivity index (χ2n) is 5.60. The predicted octanol–water partition coefficient (Wildman–Crippen LogP) is 2.62. The molecule has 0 atom stereocenters. The van der Waals surface area contributed by atoms with Gasteiger partial charge in [0.05, 0.1) is 12.0 Å². The number of hydrogen-bond donors (Lipinski definition) is 3. The van der Waals surface area contributed by atoms with Crippen LogP contribution in [0.1, 0.15) is 18.4 Å². The fourth-order valence-electron chi connectivity index (χ4n) is 2.36. The van der Waals surface area contributed by atoms with E-state index in [0.717, 1.165) is 30.5 Å². The fourth-order valence-corrected chi connectivity index (χ4v) is 2.36. The molecule has 0 unspecified atom stereocenters. The molecule has 1 aliphatic carbocycles. The van der Waals surface area contributed by atoms with Crippen molar-refractivity contribution in [3.05, 3.63) is 35.7 Å². The number of fused-ring (bicyclic) bond motifs is 1. The quantitative estimate of drug-likeness (QED) is 0.779. The third-order valence-electron chi connectivity index (χ3n) is 3.82. The van der Waals surface area contributed by atoms with Gasteiger partial charge in [-0.2, -0.15) is 0 Å². The lowest BCUT2D eigenvalue weighted by molar-refractivity contribution is 0.0685. The van der Waals surface area contributed by atoms with Gasteiger partial charge in [-0.05, 0) is 36.6 Å². The van der Waals surface area contributed by atoms with Crippen LogP contribution in [0.25, 0.3) is 0 Å². The van der Waals surface area contributed by atoms with Crippen molar-refractivity contribution >= 4 is 11.8 Å². The van der Waals surface area contributed by atoms with Gasteiger partial charge in [0.25, 0.3) is 0 Å². The van der Waals surface area contributed by atoms with Crippen LogP contribution in [0.2, 0.25) is 0 Å². The SMILES string of the molecule is O=C(O)NC/C(=C\F)COc1ccc2c(c1)CC1(CC1)ON2. The van der Waals surface area contributed by atoms with Crippen LogP contribution >= 0.6 is 0 Å². The second-order valence-corrected chi connectivity index (χ2v) is 5.60. The number of hydrogen-bond acceptors (Lipinski definition) is 4. The molecule has 6 nitrogen and oxygen atoms in total. The molecule has 0 aromatic heterocycles. The average Bonchev–Trinajstić information content (AvgIpc) is 3.25. The van der Waals surface area contributed by atoms with E-state index in [-0.39, 0.29) is 24.3 Å². The topological polar surface area (TPSA) is 79.8 Å². The molecule has 7 heteroatoms. The molecule has 1 fully saturated rings. The third-order valence-corrected chi connectivity index (χ3v) is 3.82. The van der Waals surface area contributed by atoms with Gasteiger partial charge in [0.15, 0.2) is 0 Å². The van der Waals surface area contributed by atoms with E-state index >= 15 is 0 Å². The number of anilines is 1. The van der Waals surface area contributed by atoms with E-state index in [1.807, 2.05) is 12.1 Å². The summed E-state index contributed by atoms with van der Waals surface area (Å²) in [6.07, 6.45) is 2.08. The highest BCUT2D eigenvalue weighted by atomic mass is 19.1. The molecule has 0 saturated heterocycles. The molecule has 1 aliphatic heterocycles. The maximum absolute atomic E-state index is 12.7. The van der Waals surface area contributed by atoms with Crippen molar-refractivity contribution in [2.45, 2.75) is 24.9 Å². The standard InChI is InChI=1S/C15H17FN2O4/c16-7-10(8-17-14(19)20)9-21-12-1-2-13-11(5-12)6-15(3-4-15)22-18-13/h1-2,5,7,17-18H,3-4,6,8-9H2,(H,19,20)/b10-7+. The number of ether oxygens (including phenoxy) is 1. The summed E-state index contributed by atoms with van der Waals surface area (Å²) in [7, 11) is 0. The average molecular weight is 308 g/mol. The summed E-state index contributed by atoms with van der Waals surface area (Å²) in [4.78, 5) is 16.0. The Hall–Kier alpha value is -2.28. The maximum Gasteiger partial charge on any atom is 0.404 e. The summed E-state index contributed by atoms with van der Waals surface area (Å²) in [5.41, 5.74) is 5.13. The molecule has 118 valence electrons. The van der Waals surface area contributed by atoms with Crippen LogP contribution in [0.5, 0.6) is 5.75 Å². The van der Waals surface area contributed by atoms with Crippen molar-refractivity contribution in [3.63, 3.8) is 0 Å². The number of benzene rings is 1. The van der Waals surface area contributed by atoms with Crippen molar-refractivity contribution in [1.82, 2.24) is 5.32 Å². The molecule has 2 aliphatic rings. The zero-order valence-corrected chi connectivity index (χ0v) is 11.9. The minimum atomic E-state index is -1.20. The Kier molecular flexibility index (Phi) is 3.89. The second kappa shape index (κ2) is 5.84. The van der Waals surface area contributed by atoms with Crippen LogP contribution < -0.4 is 15.5 Å². The van der Waals surface area contributed by atoms with Crippen molar-refractivity contribution in [2.24, 2.45) is 0 Å². The van der Waals surface area contributed by atoms with E-state index in [9.17, 15) is 9.18 Å². The lowest BCUT2D eigenvalue weighted by atomic mass is 10.0. The fraction of sp³-hybridized carbons (Fsp3) is 0.400. The van der Waals surface area contributed by atoms with Crippen LogP contribution in [-0.4, -0.2) is 30.0 Å². The van der Waals surface area contributed by atoms with Crippen molar-refractivity contribution in [2.75, 3.05) is 18.6 Å². The number of carbonyl (C=O) groups is 1. The summed E-state index contributed by atoms with van der Waals surface area (Å²) >= 11 is 0. The molecule has 22 heavy (non-hydrogen) atoms. The van der Waals surface area contributed by atoms with E-state index in [1.54, 1.807) is 6.07 Å². The molecule has 3 rings (SSSR count). The largest absolute Gasteiger partial charge is 0.489 e. The lowest BCUT2D eigenvalue weighted by Gasteiger charge is -2.26. The van der Waals surface area contributed by atoms with Gasteiger partial charge in [-0.3, -0.25) is 10.3 Å². The van der Waals surface area contributed by atoms with E-state index in [1.165, 1.54) is 0 Å². The summed E-state index contributed by atoms with van der Waals surface area (Å²) in [5.74, 6) is 0.618. The van der Waals surface area contributed by atoms with Crippen LogP contribution in [0.15, 0.2) is 30.1 Å². The Labute approximate surface area is 126 Å². The van der Waals surface area contributed by atoms with Gasteiger partial charge in [0.2, 0.25) is 0 Å². The normalized spacial score (nSPS) is 18.3. The van der Waals surface area contributed by atoms with Gasteiger partial charge in [-0.15, -0.1) is 0 Å². The molecule has 1 aromatic rings. The summed E-state index contributed by atoms with van der Waals surface area (Å²) in [6, 6.07) is 5.53. The maximum atomic E-state index is 12.7. The van der Waals surface area contributed by atoms with E-state index < -0.39 is 6.09 Å². The number of carboxylic acid groups (broad SMARTS) is 1. The van der Waals surface area contributed by atoms with Gasteiger partial charge in [-0.1, -0.05) is 0 Å². The predicted molar refractivity (Wildman–Crippen MR) is 77.5 cm³/mol. The first kappa shape index (κ1) is 14.6. The molecule has 0 bridgehead atoms. The minimum Gasteiger partial charge on any atom is -0.489 e. The Morgan fingerprint density at radius 3 is 3.05 bits per heavy atom. The number of rotatable bonds is 5. The monoisotopic (exact) mass is 308 g/mol. The molecule has 3 N–H and O–H groups in total. The Morgan fingerprint density at radius 2 is 2.36 bits per heavy atom. The van der Waals surface area contributed by atoms with Gasteiger partial charge >= 0.3 is 6.09 Å². The van der Waals surface area contributed by atoms with Crippen LogP contribution in [-0.2, 0) is 11.3 Å². The summed E-state index contributed by atoms with van der Waals surface area (Å²) < 4.78 is 18.2. The Balaban J connectivity index is 1.60. The lowest BCUT2D eigenvalue weighted by Crippen LogP contribution is -2.27. The van der Waals surface area contributed by atoms with Crippen LogP contribution in [0.4, 0.5) is 14.9 Å². The Bertz CT molecular complexity index is 614. The highest BCUT2D eigenvalue weighted by Gasteiger charge is 2.47. The first-order chi connectivity index (χ1) is 10.6. The van der Waals surface area contributed by atoms with Crippen LogP contribution in [0, 0.1) is 0 Å². The van der Waals surface area contributed by atoms with Crippen LogP contribution in [0.3, 0.4) is 0 Å². The third kappa shape index (κ3) is 3.30. The Morgan fingerprint density at radius 1 is 1.55 bits per heavy atom. The van der Waals surface area contributed by atoms with E-state index in [2.05, 4.69) is 10.8 Å². The molecule has 1 saturated carbocycles. The first-order valence-electron chi connectivity index (χ1n) is 7.05. The molecule has 1 heterocycles. The van der Waals surface area contributed by atoms with Crippen molar-refractivity contribution in [1.29, 1.82) is 0 Å². The van der Waals surface area contributed by atoms with Gasteiger partial charge < -0.3 is 15.2 Å². The van der Waals surface area contributed by atoms with E-state index in [0.29, 0.717) is 12.1 Å². The molecule has 0 radical (unpaired) electrons. The first-order valence-corrected chi connectivity index (χ1v) is 7.05. The highest BCUT2D eigenvalue weighted by Crippen LogP contribution is 2.46. The molecule has 1 spiro atoms. The number of amides is 1. The summed E-state index contributed by atoms with van der Waals surface area (Å²) in [6.45, 7) is -0.111. The molecular weight excluding hydrogens is 291 g/mol. The highest BCUT2D eigenvalue weighted by molar-refractivity contribution is 5.64. The van der Waals surface area contributed by atoms with Gasteiger partial charge in [-0.25, -0.2) is 9.18 Å². The number of halogens is 1. The van der Waals surface area contributed by atoms with Gasteiger partial charge in [0.1, 0.15) is 18.0 Å². The smallest absolute Gasteiger partial charge is 0.404 e. The van der Waals surface area contributed by atoms with E-state index in [4.69, 9.17) is 14.7 Å². The number of nitrogens with one attached hydrogen (secondary N) is 2. The molecule has 1 aromatic carbocycles. The molecular formula is C15H17FN2O4. The van der Waals surface area contributed by atoms with Crippen molar-refractivity contribution < 1.29 is 23.9 Å². The summed E-state index contributed by atoms with van der Waals surface area (Å²) in [5, 5.41) is 10.6. The molecule has 1 amide bonds. The van der Waals surface area contributed by atoms with Crippen molar-refractivity contribution in [3.8, 4) is 5.75 Å². The zero-order valence-electron chi connectivity index (χ0n) is 11.9.